The molecule has 0 aliphatic carbocycles. The Morgan fingerprint density at radius 2 is 1.89 bits per heavy atom. The van der Waals surface area contributed by atoms with E-state index >= 15 is 0 Å². The Morgan fingerprint density at radius 3 is 2.59 bits per heavy atom. The lowest BCUT2D eigenvalue weighted by atomic mass is 9.98. The molecule has 0 atom stereocenters. The van der Waals surface area contributed by atoms with Crippen LogP contribution in [-0.4, -0.2) is 83.6 Å². The summed E-state index contributed by atoms with van der Waals surface area (Å²) in [4.78, 5) is 27.6. The van der Waals surface area contributed by atoms with Gasteiger partial charge >= 0.3 is 5.97 Å². The molecule has 2 aliphatic heterocycles. The first-order valence-corrected chi connectivity index (χ1v) is 17.1. The SMILES string of the molecule is CCOC(=O)C1CCN(S(=O)(=O)c2cccc(-c3nn(-c4ccccc4)cc3/C=C3\SC(=S)N(CCCOC)C3=O)c2)CC1. The highest BCUT2D eigenvalue weighted by Crippen LogP contribution is 2.36. The van der Waals surface area contributed by atoms with Crippen LogP contribution in [0.15, 0.2) is 70.6 Å². The molecular weight excluding hydrogens is 621 g/mol. The maximum Gasteiger partial charge on any atom is 0.309 e. The van der Waals surface area contributed by atoms with Crippen LogP contribution in [0.3, 0.4) is 0 Å². The number of aromatic nitrogens is 2. The first-order chi connectivity index (χ1) is 21.2. The number of amides is 1. The number of ether oxygens (including phenoxy) is 2. The maximum absolute atomic E-state index is 13.7. The van der Waals surface area contributed by atoms with Crippen molar-refractivity contribution in [1.29, 1.82) is 0 Å². The van der Waals surface area contributed by atoms with Crippen molar-refractivity contribution in [2.45, 2.75) is 31.1 Å². The predicted octanol–water partition coefficient (Wildman–Crippen LogP) is 4.74. The molecule has 0 N–H and O–H groups in total. The van der Waals surface area contributed by atoms with Gasteiger partial charge in [0.1, 0.15) is 10.0 Å². The van der Waals surface area contributed by atoms with Crippen LogP contribution in [-0.2, 0) is 29.1 Å². The lowest BCUT2D eigenvalue weighted by molar-refractivity contribution is -0.149. The van der Waals surface area contributed by atoms with Crippen molar-refractivity contribution >= 4 is 56.3 Å². The molecule has 2 saturated heterocycles. The smallest absolute Gasteiger partial charge is 0.309 e. The second-order valence-electron chi connectivity index (χ2n) is 10.4. The Labute approximate surface area is 267 Å². The van der Waals surface area contributed by atoms with Crippen LogP contribution in [0.2, 0.25) is 0 Å². The fourth-order valence-corrected chi connectivity index (χ4v) is 7.99. The molecule has 232 valence electrons. The quantitative estimate of drug-likeness (QED) is 0.125. The van der Waals surface area contributed by atoms with Crippen molar-refractivity contribution in [3.05, 3.63) is 71.3 Å². The van der Waals surface area contributed by atoms with Crippen molar-refractivity contribution < 1.29 is 27.5 Å². The summed E-state index contributed by atoms with van der Waals surface area (Å²) in [6.07, 6.45) is 5.07. The van der Waals surface area contributed by atoms with E-state index in [9.17, 15) is 18.0 Å². The summed E-state index contributed by atoms with van der Waals surface area (Å²) < 4.78 is 41.2. The van der Waals surface area contributed by atoms with Gasteiger partial charge in [-0.15, -0.1) is 0 Å². The molecule has 3 aromatic rings. The zero-order valence-electron chi connectivity index (χ0n) is 24.5. The lowest BCUT2D eigenvalue weighted by Crippen LogP contribution is -2.40. The van der Waals surface area contributed by atoms with Gasteiger partial charge in [0.2, 0.25) is 10.0 Å². The summed E-state index contributed by atoms with van der Waals surface area (Å²) in [5, 5.41) is 4.83. The third kappa shape index (κ3) is 6.97. The van der Waals surface area contributed by atoms with E-state index in [-0.39, 0.29) is 35.8 Å². The number of thiocarbonyl (C=S) groups is 1. The number of para-hydroxylation sites is 1. The minimum Gasteiger partial charge on any atom is -0.466 e. The second kappa shape index (κ2) is 14.2. The second-order valence-corrected chi connectivity index (χ2v) is 14.0. The zero-order valence-corrected chi connectivity index (χ0v) is 27.0. The van der Waals surface area contributed by atoms with Crippen molar-refractivity contribution in [3.63, 3.8) is 0 Å². The van der Waals surface area contributed by atoms with Gasteiger partial charge in [-0.1, -0.05) is 54.3 Å². The number of nitrogens with zero attached hydrogens (tertiary/aromatic N) is 4. The minimum absolute atomic E-state index is 0.134. The van der Waals surface area contributed by atoms with Crippen molar-refractivity contribution in [2.24, 2.45) is 5.92 Å². The van der Waals surface area contributed by atoms with Crippen LogP contribution < -0.4 is 0 Å². The molecule has 0 bridgehead atoms. The number of hydrogen-bond donors (Lipinski definition) is 0. The highest BCUT2D eigenvalue weighted by Gasteiger charge is 2.34. The van der Waals surface area contributed by atoms with E-state index in [0.717, 1.165) is 5.69 Å². The van der Waals surface area contributed by atoms with Gasteiger partial charge in [0.25, 0.3) is 5.91 Å². The number of carbonyl (C=O) groups is 2. The van der Waals surface area contributed by atoms with Crippen LogP contribution in [0.5, 0.6) is 0 Å². The first kappa shape index (κ1) is 32.0. The molecule has 0 spiro atoms. The van der Waals surface area contributed by atoms with E-state index in [1.54, 1.807) is 54.0 Å². The standard InChI is InChI=1S/C31H34N4O6S3/c1-3-41-30(37)22-13-16-33(17-14-22)44(38,39)26-12-7-9-23(19-26)28-24(21-35(32-28)25-10-5-4-6-11-25)20-27-29(36)34(31(42)43-27)15-8-18-40-2/h4-7,9-12,19-22H,3,8,13-18H2,1-2H3/b27-20-. The number of benzene rings is 2. The molecule has 2 fully saturated rings. The molecule has 1 aromatic heterocycles. The normalized spacial score (nSPS) is 17.5. The van der Waals surface area contributed by atoms with Crippen LogP contribution in [0.25, 0.3) is 23.0 Å². The lowest BCUT2D eigenvalue weighted by Gasteiger charge is -2.30. The van der Waals surface area contributed by atoms with Gasteiger partial charge in [-0.3, -0.25) is 14.5 Å². The van der Waals surface area contributed by atoms with Crippen LogP contribution >= 0.6 is 24.0 Å². The number of esters is 1. The van der Waals surface area contributed by atoms with Gasteiger partial charge in [-0.25, -0.2) is 13.1 Å². The molecule has 3 heterocycles. The van der Waals surface area contributed by atoms with E-state index < -0.39 is 10.0 Å². The molecule has 10 nitrogen and oxygen atoms in total. The van der Waals surface area contributed by atoms with Crippen LogP contribution in [0.1, 0.15) is 31.7 Å². The van der Waals surface area contributed by atoms with Crippen LogP contribution in [0, 0.1) is 5.92 Å². The van der Waals surface area contributed by atoms with Gasteiger partial charge in [0.05, 0.1) is 28.0 Å². The maximum atomic E-state index is 13.7. The first-order valence-electron chi connectivity index (χ1n) is 14.4. The molecule has 44 heavy (non-hydrogen) atoms. The predicted molar refractivity (Wildman–Crippen MR) is 173 cm³/mol. The molecule has 0 unspecified atom stereocenters. The Bertz CT molecular complexity index is 1660. The molecule has 2 aliphatic rings. The van der Waals surface area contributed by atoms with Gasteiger partial charge in [0, 0.05) is 50.7 Å². The third-order valence-electron chi connectivity index (χ3n) is 7.47. The zero-order chi connectivity index (χ0) is 31.3. The highest BCUT2D eigenvalue weighted by atomic mass is 32.2. The van der Waals surface area contributed by atoms with Gasteiger partial charge in [0.15, 0.2) is 0 Å². The number of hydrogen-bond acceptors (Lipinski definition) is 9. The summed E-state index contributed by atoms with van der Waals surface area (Å²) in [5.41, 5.74) is 2.57. The van der Waals surface area contributed by atoms with Crippen molar-refractivity contribution in [1.82, 2.24) is 19.0 Å². The van der Waals surface area contributed by atoms with Crippen molar-refractivity contribution in [3.8, 4) is 16.9 Å². The Morgan fingerprint density at radius 1 is 1.14 bits per heavy atom. The van der Waals surface area contributed by atoms with Gasteiger partial charge < -0.3 is 9.47 Å². The van der Waals surface area contributed by atoms with E-state index in [2.05, 4.69) is 0 Å². The number of piperidine rings is 1. The number of thioether (sulfide) groups is 1. The molecule has 1 amide bonds. The van der Waals surface area contributed by atoms with Gasteiger partial charge in [-0.2, -0.15) is 9.40 Å². The highest BCUT2D eigenvalue weighted by molar-refractivity contribution is 8.26. The van der Waals surface area contributed by atoms with Crippen LogP contribution in [0.4, 0.5) is 0 Å². The van der Waals surface area contributed by atoms with E-state index in [1.807, 2.05) is 36.5 Å². The molecule has 0 saturated carbocycles. The number of carbonyl (C=O) groups excluding carboxylic acids is 2. The van der Waals surface area contributed by atoms with Crippen molar-refractivity contribution in [2.75, 3.05) is 40.0 Å². The molecular formula is C31H34N4O6S3. The molecule has 5 rings (SSSR count). The Kier molecular flexibility index (Phi) is 10.3. The third-order valence-corrected chi connectivity index (χ3v) is 10.7. The van der Waals surface area contributed by atoms with E-state index in [4.69, 9.17) is 26.8 Å². The number of sulfonamides is 1. The fourth-order valence-electron chi connectivity index (χ4n) is 5.18. The molecule has 0 radical (unpaired) electrons. The molecule has 13 heteroatoms. The summed E-state index contributed by atoms with van der Waals surface area (Å²) in [5.74, 6) is -0.762. The van der Waals surface area contributed by atoms with E-state index in [0.29, 0.717) is 65.1 Å². The minimum atomic E-state index is -3.83. The molecule has 2 aromatic carbocycles. The summed E-state index contributed by atoms with van der Waals surface area (Å²) in [7, 11) is -2.21. The fraction of sp³-hybridized carbons (Fsp3) is 0.355. The number of methoxy groups -OCH3 is 1. The Balaban J connectivity index is 1.46. The summed E-state index contributed by atoms with van der Waals surface area (Å²) >= 11 is 6.72. The largest absolute Gasteiger partial charge is 0.466 e. The Hall–Kier alpha value is -3.36. The summed E-state index contributed by atoms with van der Waals surface area (Å²) in [6.45, 7) is 3.50. The average molecular weight is 655 g/mol. The average Bonchev–Trinajstić information content (AvgIpc) is 3.58. The van der Waals surface area contributed by atoms with Gasteiger partial charge in [-0.05, 0) is 56.5 Å². The van der Waals surface area contributed by atoms with E-state index in [1.165, 1.54) is 16.1 Å². The summed E-state index contributed by atoms with van der Waals surface area (Å²) in [6, 6.07) is 16.2. The topological polar surface area (TPSA) is 111 Å². The number of rotatable bonds is 11. The monoisotopic (exact) mass is 654 g/mol.